The lowest BCUT2D eigenvalue weighted by atomic mass is 9.69. The molecule has 0 aliphatic heterocycles. The quantitative estimate of drug-likeness (QED) is 0.716. The van der Waals surface area contributed by atoms with Gasteiger partial charge in [0, 0.05) is 0 Å². The van der Waals surface area contributed by atoms with Gasteiger partial charge in [-0.2, -0.15) is 0 Å². The molecule has 2 fully saturated rings. The van der Waals surface area contributed by atoms with E-state index in [9.17, 15) is 0 Å². The maximum absolute atomic E-state index is 8.96. The zero-order chi connectivity index (χ0) is 11.8. The largest absolute Gasteiger partial charge is 0.392 e. The summed E-state index contributed by atoms with van der Waals surface area (Å²) in [6.45, 7) is 8.94. The highest BCUT2D eigenvalue weighted by molar-refractivity contribution is 5.24. The minimum Gasteiger partial charge on any atom is -0.392 e. The van der Waals surface area contributed by atoms with Crippen molar-refractivity contribution in [3.8, 4) is 0 Å². The zero-order valence-corrected chi connectivity index (χ0v) is 10.6. The molecule has 0 saturated heterocycles. The molecule has 90 valence electrons. The Morgan fingerprint density at radius 2 is 2.31 bits per heavy atom. The normalized spacial score (nSPS) is 38.4. The van der Waals surface area contributed by atoms with Gasteiger partial charge in [0.25, 0.3) is 0 Å². The Hall–Kier alpha value is -0.560. The second-order valence-electron chi connectivity index (χ2n) is 5.90. The van der Waals surface area contributed by atoms with E-state index in [1.54, 1.807) is 0 Å². The van der Waals surface area contributed by atoms with E-state index in [1.807, 2.05) is 6.92 Å². The topological polar surface area (TPSA) is 20.2 Å². The summed E-state index contributed by atoms with van der Waals surface area (Å²) >= 11 is 0. The molecule has 3 unspecified atom stereocenters. The molecule has 16 heavy (non-hydrogen) atoms. The van der Waals surface area contributed by atoms with Crippen molar-refractivity contribution in [2.45, 2.75) is 46.0 Å². The number of allylic oxidation sites excluding steroid dienone is 2. The van der Waals surface area contributed by atoms with E-state index in [2.05, 4.69) is 19.6 Å². The van der Waals surface area contributed by atoms with Gasteiger partial charge in [0.15, 0.2) is 0 Å². The molecule has 3 atom stereocenters. The summed E-state index contributed by atoms with van der Waals surface area (Å²) in [7, 11) is 0. The highest BCUT2D eigenvalue weighted by Gasteiger charge is 2.49. The van der Waals surface area contributed by atoms with Crippen molar-refractivity contribution in [2.24, 2.45) is 17.3 Å². The van der Waals surface area contributed by atoms with Gasteiger partial charge in [0.05, 0.1) is 6.61 Å². The number of aliphatic hydroxyl groups is 1. The highest BCUT2D eigenvalue weighted by Crippen LogP contribution is 2.60. The standard InChI is InChI=1S/C15H24O/c1-11(10-16)5-4-8-15(3)12(2)13-6-7-14(15)9-13/h5,13-14,16H,2,4,6-10H2,1,3H3/b11-5-. The lowest BCUT2D eigenvalue weighted by Gasteiger charge is -2.36. The van der Waals surface area contributed by atoms with E-state index >= 15 is 0 Å². The predicted molar refractivity (Wildman–Crippen MR) is 68.2 cm³/mol. The van der Waals surface area contributed by atoms with E-state index in [4.69, 9.17) is 5.11 Å². The Morgan fingerprint density at radius 1 is 1.56 bits per heavy atom. The minimum absolute atomic E-state index is 0.198. The second-order valence-corrected chi connectivity index (χ2v) is 5.90. The lowest BCUT2D eigenvalue weighted by Crippen LogP contribution is -2.26. The molecule has 0 aromatic rings. The van der Waals surface area contributed by atoms with Crippen LogP contribution in [0, 0.1) is 17.3 Å². The summed E-state index contributed by atoms with van der Waals surface area (Å²) in [5.41, 5.74) is 2.99. The maximum atomic E-state index is 8.96. The van der Waals surface area contributed by atoms with Gasteiger partial charge in [-0.15, -0.1) is 0 Å². The Kier molecular flexibility index (Phi) is 3.25. The van der Waals surface area contributed by atoms with Gasteiger partial charge in [-0.1, -0.05) is 30.7 Å². The molecule has 2 aliphatic carbocycles. The molecular formula is C15H24O. The first-order valence-electron chi connectivity index (χ1n) is 6.53. The van der Waals surface area contributed by atoms with Crippen LogP contribution in [0.25, 0.3) is 0 Å². The second kappa shape index (κ2) is 4.37. The fourth-order valence-electron chi connectivity index (χ4n) is 3.65. The fourth-order valence-corrected chi connectivity index (χ4v) is 3.65. The van der Waals surface area contributed by atoms with Gasteiger partial charge in [-0.25, -0.2) is 0 Å². The van der Waals surface area contributed by atoms with Gasteiger partial charge >= 0.3 is 0 Å². The first kappa shape index (κ1) is 11.9. The molecule has 0 aromatic carbocycles. The number of fused-ring (bicyclic) bond motifs is 2. The zero-order valence-electron chi connectivity index (χ0n) is 10.6. The molecule has 2 bridgehead atoms. The minimum atomic E-state index is 0.198. The van der Waals surface area contributed by atoms with Crippen molar-refractivity contribution in [1.82, 2.24) is 0 Å². The molecule has 0 radical (unpaired) electrons. The van der Waals surface area contributed by atoms with Crippen LogP contribution in [0.15, 0.2) is 23.8 Å². The van der Waals surface area contributed by atoms with E-state index in [1.165, 1.54) is 31.3 Å². The van der Waals surface area contributed by atoms with Crippen molar-refractivity contribution < 1.29 is 5.11 Å². The maximum Gasteiger partial charge on any atom is 0.0639 e. The van der Waals surface area contributed by atoms with Crippen molar-refractivity contribution in [3.63, 3.8) is 0 Å². The van der Waals surface area contributed by atoms with E-state index < -0.39 is 0 Å². The Balaban J connectivity index is 1.96. The van der Waals surface area contributed by atoms with Crippen molar-refractivity contribution in [1.29, 1.82) is 0 Å². The molecule has 1 heteroatoms. The molecule has 1 nitrogen and oxygen atoms in total. The third-order valence-electron chi connectivity index (χ3n) is 4.97. The molecule has 1 N–H and O–H groups in total. The van der Waals surface area contributed by atoms with Crippen molar-refractivity contribution >= 4 is 0 Å². The van der Waals surface area contributed by atoms with Crippen LogP contribution in [-0.2, 0) is 0 Å². The smallest absolute Gasteiger partial charge is 0.0639 e. The van der Waals surface area contributed by atoms with Gasteiger partial charge < -0.3 is 5.11 Å². The fraction of sp³-hybridized carbons (Fsp3) is 0.733. The van der Waals surface area contributed by atoms with Crippen LogP contribution >= 0.6 is 0 Å². The first-order valence-corrected chi connectivity index (χ1v) is 6.53. The van der Waals surface area contributed by atoms with Crippen LogP contribution < -0.4 is 0 Å². The predicted octanol–water partition coefficient (Wildman–Crippen LogP) is 3.70. The lowest BCUT2D eigenvalue weighted by molar-refractivity contribution is 0.240. The summed E-state index contributed by atoms with van der Waals surface area (Å²) in [6, 6.07) is 0. The molecule has 2 rings (SSSR count). The van der Waals surface area contributed by atoms with Gasteiger partial charge in [-0.05, 0) is 56.3 Å². The Labute approximate surface area is 99.3 Å². The third kappa shape index (κ3) is 1.86. The molecule has 0 spiro atoms. The molecular weight excluding hydrogens is 196 g/mol. The molecule has 0 heterocycles. The summed E-state index contributed by atoms with van der Waals surface area (Å²) in [5.74, 6) is 1.70. The summed E-state index contributed by atoms with van der Waals surface area (Å²) < 4.78 is 0. The molecule has 0 amide bonds. The van der Waals surface area contributed by atoms with Gasteiger partial charge in [-0.3, -0.25) is 0 Å². The molecule has 0 aromatic heterocycles. The van der Waals surface area contributed by atoms with E-state index in [0.29, 0.717) is 5.41 Å². The third-order valence-corrected chi connectivity index (χ3v) is 4.97. The van der Waals surface area contributed by atoms with Crippen LogP contribution in [0.2, 0.25) is 0 Å². The SMILES string of the molecule is C=C1C2CCC(C2)C1(C)CC/C=C(/C)CO. The number of rotatable bonds is 4. The van der Waals surface area contributed by atoms with E-state index in [-0.39, 0.29) is 6.61 Å². The highest BCUT2D eigenvalue weighted by atomic mass is 16.3. The van der Waals surface area contributed by atoms with Crippen LogP contribution in [-0.4, -0.2) is 11.7 Å². The molecule has 2 saturated carbocycles. The van der Waals surface area contributed by atoms with Crippen molar-refractivity contribution in [3.05, 3.63) is 23.8 Å². The van der Waals surface area contributed by atoms with Crippen LogP contribution in [0.4, 0.5) is 0 Å². The Bertz CT molecular complexity index is 315. The molecule has 2 aliphatic rings. The summed E-state index contributed by atoms with van der Waals surface area (Å²) in [6.07, 6.45) is 8.66. The summed E-state index contributed by atoms with van der Waals surface area (Å²) in [4.78, 5) is 0. The Morgan fingerprint density at radius 3 is 2.88 bits per heavy atom. The summed E-state index contributed by atoms with van der Waals surface area (Å²) in [5, 5.41) is 8.96. The van der Waals surface area contributed by atoms with Crippen LogP contribution in [0.3, 0.4) is 0 Å². The average Bonchev–Trinajstić information content (AvgIpc) is 2.83. The monoisotopic (exact) mass is 220 g/mol. The number of hydrogen-bond donors (Lipinski definition) is 1. The first-order chi connectivity index (χ1) is 7.58. The van der Waals surface area contributed by atoms with E-state index in [0.717, 1.165) is 23.8 Å². The number of hydrogen-bond acceptors (Lipinski definition) is 1. The van der Waals surface area contributed by atoms with Crippen LogP contribution in [0.5, 0.6) is 0 Å². The van der Waals surface area contributed by atoms with Gasteiger partial charge in [0.1, 0.15) is 0 Å². The van der Waals surface area contributed by atoms with Crippen LogP contribution in [0.1, 0.15) is 46.0 Å². The van der Waals surface area contributed by atoms with Crippen molar-refractivity contribution in [2.75, 3.05) is 6.61 Å². The number of aliphatic hydroxyl groups excluding tert-OH is 1. The van der Waals surface area contributed by atoms with Gasteiger partial charge in [0.2, 0.25) is 0 Å². The average molecular weight is 220 g/mol.